The highest BCUT2D eigenvalue weighted by molar-refractivity contribution is 7.80. The predicted molar refractivity (Wildman–Crippen MR) is 114 cm³/mol. The Morgan fingerprint density at radius 2 is 1.93 bits per heavy atom. The molecule has 1 aromatic heterocycles. The van der Waals surface area contributed by atoms with Gasteiger partial charge in [-0.05, 0) is 29.9 Å². The van der Waals surface area contributed by atoms with Gasteiger partial charge in [0.25, 0.3) is 0 Å². The molecule has 3 aromatic rings. The SMILES string of the molecule is O=C(O)N1CC(NC(=S)Nc2cccc3cnccc23)C(c2ccccc2)C1. The molecule has 6 nitrogen and oxygen atoms in total. The third-order valence-electron chi connectivity index (χ3n) is 5.06. The average molecular weight is 392 g/mol. The lowest BCUT2D eigenvalue weighted by molar-refractivity contribution is 0.154. The Balaban J connectivity index is 1.52. The number of hydrogen-bond acceptors (Lipinski definition) is 3. The standard InChI is InChI=1S/C21H20N4O2S/c26-21(27)25-12-17(14-5-2-1-3-6-14)19(13-25)24-20(28)23-18-8-4-7-15-11-22-10-9-16(15)18/h1-11,17,19H,12-13H2,(H,26,27)(H2,23,24,28). The Labute approximate surface area is 168 Å². The Hall–Kier alpha value is -3.19. The summed E-state index contributed by atoms with van der Waals surface area (Å²) in [7, 11) is 0. The molecule has 1 saturated heterocycles. The molecule has 2 unspecified atom stereocenters. The normalized spacial score (nSPS) is 18.8. The van der Waals surface area contributed by atoms with Crippen LogP contribution in [0.5, 0.6) is 0 Å². The topological polar surface area (TPSA) is 77.5 Å². The van der Waals surface area contributed by atoms with Gasteiger partial charge in [-0.1, -0.05) is 42.5 Å². The van der Waals surface area contributed by atoms with Crippen molar-refractivity contribution >= 4 is 39.9 Å². The molecule has 1 aliphatic rings. The predicted octanol–water partition coefficient (Wildman–Crippen LogP) is 3.67. The molecule has 28 heavy (non-hydrogen) atoms. The van der Waals surface area contributed by atoms with E-state index in [9.17, 15) is 9.90 Å². The molecule has 0 saturated carbocycles. The van der Waals surface area contributed by atoms with E-state index >= 15 is 0 Å². The molecule has 2 aromatic carbocycles. The van der Waals surface area contributed by atoms with Gasteiger partial charge in [-0.3, -0.25) is 4.98 Å². The average Bonchev–Trinajstić information content (AvgIpc) is 3.13. The molecule has 1 fully saturated rings. The molecular formula is C21H20N4O2S. The lowest BCUT2D eigenvalue weighted by Gasteiger charge is -2.22. The summed E-state index contributed by atoms with van der Waals surface area (Å²) in [5, 5.41) is 18.5. The summed E-state index contributed by atoms with van der Waals surface area (Å²) in [5.74, 6) is 0.0359. The fourth-order valence-corrected chi connectivity index (χ4v) is 3.96. The third kappa shape index (κ3) is 3.75. The second kappa shape index (κ2) is 7.82. The maximum absolute atomic E-state index is 11.5. The minimum atomic E-state index is -0.911. The first-order chi connectivity index (χ1) is 13.6. The molecule has 3 N–H and O–H groups in total. The number of anilines is 1. The van der Waals surface area contributed by atoms with Crippen LogP contribution in [0.15, 0.2) is 67.0 Å². The Bertz CT molecular complexity index is 1010. The molecule has 1 amide bonds. The van der Waals surface area contributed by atoms with Crippen LogP contribution in [0.25, 0.3) is 10.8 Å². The van der Waals surface area contributed by atoms with E-state index in [0.717, 1.165) is 22.0 Å². The van der Waals surface area contributed by atoms with E-state index in [1.54, 1.807) is 6.20 Å². The molecule has 142 valence electrons. The molecule has 0 aliphatic carbocycles. The lowest BCUT2D eigenvalue weighted by Crippen LogP contribution is -2.42. The minimum absolute atomic E-state index is 0.0359. The molecule has 0 bridgehead atoms. The molecule has 1 aliphatic heterocycles. The summed E-state index contributed by atoms with van der Waals surface area (Å²) in [6.07, 6.45) is 2.65. The highest BCUT2D eigenvalue weighted by Gasteiger charge is 2.36. The van der Waals surface area contributed by atoms with Gasteiger partial charge in [0.1, 0.15) is 0 Å². The molecule has 4 rings (SSSR count). The van der Waals surface area contributed by atoms with Crippen LogP contribution in [0.2, 0.25) is 0 Å². The number of likely N-dealkylation sites (tertiary alicyclic amines) is 1. The number of nitrogens with zero attached hydrogens (tertiary/aromatic N) is 2. The summed E-state index contributed by atoms with van der Waals surface area (Å²) in [6.45, 7) is 0.829. The number of thiocarbonyl (C=S) groups is 1. The number of carbonyl (C=O) groups is 1. The zero-order valence-electron chi connectivity index (χ0n) is 15.1. The summed E-state index contributed by atoms with van der Waals surface area (Å²) < 4.78 is 0. The fourth-order valence-electron chi connectivity index (χ4n) is 3.70. The van der Waals surface area contributed by atoms with Crippen LogP contribution >= 0.6 is 12.2 Å². The van der Waals surface area contributed by atoms with Crippen molar-refractivity contribution < 1.29 is 9.90 Å². The van der Waals surface area contributed by atoms with E-state index in [1.165, 1.54) is 4.90 Å². The van der Waals surface area contributed by atoms with Crippen molar-refractivity contribution in [1.82, 2.24) is 15.2 Å². The fraction of sp³-hybridized carbons (Fsp3) is 0.190. The van der Waals surface area contributed by atoms with Crippen molar-refractivity contribution in [2.75, 3.05) is 18.4 Å². The van der Waals surface area contributed by atoms with E-state index in [4.69, 9.17) is 12.2 Å². The third-order valence-corrected chi connectivity index (χ3v) is 5.28. The van der Waals surface area contributed by atoms with Crippen molar-refractivity contribution in [3.05, 3.63) is 72.6 Å². The second-order valence-electron chi connectivity index (χ2n) is 6.81. The smallest absolute Gasteiger partial charge is 0.407 e. The zero-order valence-corrected chi connectivity index (χ0v) is 15.9. The number of benzene rings is 2. The van der Waals surface area contributed by atoms with Crippen molar-refractivity contribution in [1.29, 1.82) is 0 Å². The molecule has 2 heterocycles. The van der Waals surface area contributed by atoms with Gasteiger partial charge in [-0.25, -0.2) is 4.79 Å². The number of amides is 1. The number of fused-ring (bicyclic) bond motifs is 1. The first kappa shape index (κ1) is 18.2. The van der Waals surface area contributed by atoms with Gasteiger partial charge in [-0.15, -0.1) is 0 Å². The van der Waals surface area contributed by atoms with E-state index in [2.05, 4.69) is 15.6 Å². The molecular weight excluding hydrogens is 372 g/mol. The molecule has 0 spiro atoms. The first-order valence-electron chi connectivity index (χ1n) is 9.05. The van der Waals surface area contributed by atoms with Crippen molar-refractivity contribution in [2.24, 2.45) is 0 Å². The quantitative estimate of drug-likeness (QED) is 0.591. The van der Waals surface area contributed by atoms with E-state index in [0.29, 0.717) is 18.2 Å². The first-order valence-corrected chi connectivity index (χ1v) is 9.46. The van der Waals surface area contributed by atoms with Crippen LogP contribution in [0, 0.1) is 0 Å². The van der Waals surface area contributed by atoms with Gasteiger partial charge in [0.2, 0.25) is 0 Å². The van der Waals surface area contributed by atoms with Gasteiger partial charge in [-0.2, -0.15) is 0 Å². The molecule has 0 radical (unpaired) electrons. The zero-order chi connectivity index (χ0) is 19.5. The van der Waals surface area contributed by atoms with Gasteiger partial charge >= 0.3 is 6.09 Å². The van der Waals surface area contributed by atoms with E-state index in [1.807, 2.05) is 60.8 Å². The van der Waals surface area contributed by atoms with Crippen molar-refractivity contribution in [3.8, 4) is 0 Å². The number of carboxylic acid groups (broad SMARTS) is 1. The van der Waals surface area contributed by atoms with Crippen molar-refractivity contribution in [2.45, 2.75) is 12.0 Å². The maximum atomic E-state index is 11.5. The number of hydrogen-bond donors (Lipinski definition) is 3. The van der Waals surface area contributed by atoms with E-state index < -0.39 is 6.09 Å². The van der Waals surface area contributed by atoms with Gasteiger partial charge < -0.3 is 20.6 Å². The number of pyridine rings is 1. The summed E-state index contributed by atoms with van der Waals surface area (Å²) in [6, 6.07) is 17.7. The van der Waals surface area contributed by atoms with Gasteiger partial charge in [0.05, 0.1) is 6.04 Å². The molecule has 7 heteroatoms. The summed E-state index contributed by atoms with van der Waals surface area (Å²) >= 11 is 5.54. The highest BCUT2D eigenvalue weighted by atomic mass is 32.1. The van der Waals surface area contributed by atoms with Crippen LogP contribution in [0.4, 0.5) is 10.5 Å². The van der Waals surface area contributed by atoms with Crippen LogP contribution in [-0.2, 0) is 0 Å². The van der Waals surface area contributed by atoms with Crippen LogP contribution in [0.3, 0.4) is 0 Å². The molecule has 2 atom stereocenters. The maximum Gasteiger partial charge on any atom is 0.407 e. The number of aromatic nitrogens is 1. The summed E-state index contributed by atoms with van der Waals surface area (Å²) in [5.41, 5.74) is 1.99. The Morgan fingerprint density at radius 3 is 2.71 bits per heavy atom. The van der Waals surface area contributed by atoms with Crippen LogP contribution in [0.1, 0.15) is 11.5 Å². The minimum Gasteiger partial charge on any atom is -0.465 e. The lowest BCUT2D eigenvalue weighted by atomic mass is 9.94. The van der Waals surface area contributed by atoms with Crippen LogP contribution < -0.4 is 10.6 Å². The second-order valence-corrected chi connectivity index (χ2v) is 7.22. The van der Waals surface area contributed by atoms with E-state index in [-0.39, 0.29) is 12.0 Å². The largest absolute Gasteiger partial charge is 0.465 e. The number of rotatable bonds is 3. The Morgan fingerprint density at radius 1 is 1.11 bits per heavy atom. The monoisotopic (exact) mass is 392 g/mol. The number of nitrogens with one attached hydrogen (secondary N) is 2. The van der Waals surface area contributed by atoms with Crippen molar-refractivity contribution in [3.63, 3.8) is 0 Å². The summed E-state index contributed by atoms with van der Waals surface area (Å²) in [4.78, 5) is 17.1. The Kier molecular flexibility index (Phi) is 5.08. The van der Waals surface area contributed by atoms with Gasteiger partial charge in [0, 0.05) is 47.9 Å². The highest BCUT2D eigenvalue weighted by Crippen LogP contribution is 2.28. The van der Waals surface area contributed by atoms with Gasteiger partial charge in [0.15, 0.2) is 5.11 Å². The van der Waals surface area contributed by atoms with Crippen LogP contribution in [-0.4, -0.2) is 45.3 Å².